The standard InChI is InChI=1S/C13H10FN4/c1-18-6-10(9-5-16-7-17-13(9)18)8-3-2-4-11(15)12(8)14/h2-4,6-7H,15H2,1H3. The molecular formula is C13H10FN4. The van der Waals surface area contributed by atoms with E-state index in [1.807, 2.05) is 11.6 Å². The van der Waals surface area contributed by atoms with Crippen LogP contribution in [-0.4, -0.2) is 14.5 Å². The fourth-order valence-electron chi connectivity index (χ4n) is 2.02. The molecule has 0 bridgehead atoms. The highest BCUT2D eigenvalue weighted by Crippen LogP contribution is 2.31. The van der Waals surface area contributed by atoms with Gasteiger partial charge in [-0.3, -0.25) is 0 Å². The minimum Gasteiger partial charge on any atom is -0.396 e. The maximum atomic E-state index is 14.0. The molecule has 3 aromatic rings. The number of hydrogen-bond donors (Lipinski definition) is 1. The first kappa shape index (κ1) is 10.7. The predicted octanol–water partition coefficient (Wildman–Crippen LogP) is 2.16. The fourth-order valence-corrected chi connectivity index (χ4v) is 2.02. The predicted molar refractivity (Wildman–Crippen MR) is 67.2 cm³/mol. The molecule has 2 aromatic heterocycles. The number of aromatic nitrogens is 3. The van der Waals surface area contributed by atoms with Crippen molar-refractivity contribution in [2.45, 2.75) is 0 Å². The number of hydrogen-bond acceptors (Lipinski definition) is 3. The number of nitrogens with two attached hydrogens (primary N) is 1. The van der Waals surface area contributed by atoms with Crippen LogP contribution in [0, 0.1) is 12.0 Å². The van der Waals surface area contributed by atoms with Crippen molar-refractivity contribution in [3.8, 4) is 11.1 Å². The quantitative estimate of drug-likeness (QED) is 0.664. The van der Waals surface area contributed by atoms with Gasteiger partial charge < -0.3 is 10.3 Å². The van der Waals surface area contributed by atoms with Gasteiger partial charge in [-0.2, -0.15) is 0 Å². The van der Waals surface area contributed by atoms with E-state index < -0.39 is 5.82 Å². The third-order valence-electron chi connectivity index (χ3n) is 2.88. The number of benzene rings is 1. The summed E-state index contributed by atoms with van der Waals surface area (Å²) in [7, 11) is 1.84. The number of halogens is 1. The van der Waals surface area contributed by atoms with Crippen molar-refractivity contribution in [3.05, 3.63) is 42.7 Å². The highest BCUT2D eigenvalue weighted by Gasteiger charge is 2.14. The minimum absolute atomic E-state index is 0.126. The van der Waals surface area contributed by atoms with Crippen molar-refractivity contribution in [3.63, 3.8) is 0 Å². The Kier molecular flexibility index (Phi) is 2.26. The summed E-state index contributed by atoms with van der Waals surface area (Å²) in [5.74, 6) is -0.428. The summed E-state index contributed by atoms with van der Waals surface area (Å²) < 4.78 is 15.8. The van der Waals surface area contributed by atoms with Crippen molar-refractivity contribution >= 4 is 16.7 Å². The summed E-state index contributed by atoms with van der Waals surface area (Å²) >= 11 is 0. The number of fused-ring (bicyclic) bond motifs is 1. The monoisotopic (exact) mass is 241 g/mol. The Morgan fingerprint density at radius 1 is 1.33 bits per heavy atom. The zero-order chi connectivity index (χ0) is 12.7. The molecule has 5 heteroatoms. The van der Waals surface area contributed by atoms with Gasteiger partial charge in [-0.1, -0.05) is 12.1 Å². The third-order valence-corrected chi connectivity index (χ3v) is 2.88. The second-order valence-electron chi connectivity index (χ2n) is 4.05. The third kappa shape index (κ3) is 1.44. The highest BCUT2D eigenvalue weighted by molar-refractivity contribution is 5.93. The van der Waals surface area contributed by atoms with Gasteiger partial charge >= 0.3 is 0 Å². The van der Waals surface area contributed by atoms with E-state index in [2.05, 4.69) is 16.2 Å². The lowest BCUT2D eigenvalue weighted by Gasteiger charge is -2.03. The van der Waals surface area contributed by atoms with E-state index in [0.29, 0.717) is 22.2 Å². The van der Waals surface area contributed by atoms with Gasteiger partial charge in [0.05, 0.1) is 11.1 Å². The Morgan fingerprint density at radius 3 is 3.00 bits per heavy atom. The summed E-state index contributed by atoms with van der Waals surface area (Å²) in [6, 6.07) is 4.93. The van der Waals surface area contributed by atoms with Gasteiger partial charge in [-0.15, -0.1) is 0 Å². The van der Waals surface area contributed by atoms with Gasteiger partial charge in [0.2, 0.25) is 0 Å². The summed E-state index contributed by atoms with van der Waals surface area (Å²) in [5, 5.41) is 0.685. The minimum atomic E-state index is -0.428. The summed E-state index contributed by atoms with van der Waals surface area (Å²) in [6.07, 6.45) is 6.06. The van der Waals surface area contributed by atoms with Gasteiger partial charge in [0.15, 0.2) is 5.82 Å². The van der Waals surface area contributed by atoms with E-state index in [1.165, 1.54) is 12.4 Å². The van der Waals surface area contributed by atoms with Crippen LogP contribution in [0.25, 0.3) is 22.2 Å². The first-order valence-electron chi connectivity index (χ1n) is 5.40. The van der Waals surface area contributed by atoms with Crippen LogP contribution in [0.1, 0.15) is 0 Å². The van der Waals surface area contributed by atoms with Crippen LogP contribution in [-0.2, 0) is 7.05 Å². The van der Waals surface area contributed by atoms with Crippen molar-refractivity contribution in [2.24, 2.45) is 7.05 Å². The summed E-state index contributed by atoms with van der Waals surface area (Å²) in [6.45, 7) is 0. The van der Waals surface area contributed by atoms with Gasteiger partial charge in [0.25, 0.3) is 0 Å². The van der Waals surface area contributed by atoms with E-state index in [1.54, 1.807) is 18.3 Å². The van der Waals surface area contributed by atoms with E-state index in [0.717, 1.165) is 0 Å². The average molecular weight is 241 g/mol. The molecule has 0 spiro atoms. The van der Waals surface area contributed by atoms with Crippen LogP contribution in [0.2, 0.25) is 0 Å². The molecule has 0 aliphatic carbocycles. The lowest BCUT2D eigenvalue weighted by molar-refractivity contribution is 0.636. The molecule has 2 N–H and O–H groups in total. The van der Waals surface area contributed by atoms with Crippen molar-refractivity contribution < 1.29 is 4.39 Å². The first-order chi connectivity index (χ1) is 8.68. The summed E-state index contributed by atoms with van der Waals surface area (Å²) in [5.41, 5.74) is 7.55. The average Bonchev–Trinajstić information content (AvgIpc) is 2.71. The van der Waals surface area contributed by atoms with E-state index in [9.17, 15) is 4.39 Å². The van der Waals surface area contributed by atoms with Crippen LogP contribution in [0.3, 0.4) is 0 Å². The topological polar surface area (TPSA) is 56.7 Å². The van der Waals surface area contributed by atoms with E-state index in [-0.39, 0.29) is 5.69 Å². The molecule has 0 aliphatic heterocycles. The molecule has 1 radical (unpaired) electrons. The second-order valence-corrected chi connectivity index (χ2v) is 4.05. The molecule has 89 valence electrons. The first-order valence-corrected chi connectivity index (χ1v) is 5.40. The van der Waals surface area contributed by atoms with Crippen LogP contribution < -0.4 is 5.73 Å². The summed E-state index contributed by atoms with van der Waals surface area (Å²) in [4.78, 5) is 8.01. The maximum Gasteiger partial charge on any atom is 0.153 e. The Balaban J connectivity index is 2.36. The normalized spacial score (nSPS) is 11.0. The highest BCUT2D eigenvalue weighted by atomic mass is 19.1. The Bertz CT molecular complexity index is 733. The second kappa shape index (κ2) is 3.80. The zero-order valence-corrected chi connectivity index (χ0v) is 9.68. The zero-order valence-electron chi connectivity index (χ0n) is 9.68. The van der Waals surface area contributed by atoms with Gasteiger partial charge in [0, 0.05) is 24.4 Å². The van der Waals surface area contributed by atoms with Crippen LogP contribution in [0.4, 0.5) is 10.1 Å². The Labute approximate surface area is 103 Å². The molecule has 0 atom stereocenters. The number of aryl methyl sites for hydroxylation is 1. The van der Waals surface area contributed by atoms with Crippen LogP contribution in [0.5, 0.6) is 0 Å². The molecule has 0 unspecified atom stereocenters. The van der Waals surface area contributed by atoms with Crippen molar-refractivity contribution in [1.82, 2.24) is 14.5 Å². The van der Waals surface area contributed by atoms with Crippen molar-refractivity contribution in [1.29, 1.82) is 0 Å². The molecule has 2 heterocycles. The smallest absolute Gasteiger partial charge is 0.153 e. The molecule has 0 aliphatic rings. The lowest BCUT2D eigenvalue weighted by Crippen LogP contribution is -1.92. The van der Waals surface area contributed by atoms with Gasteiger partial charge in [-0.05, 0) is 6.07 Å². The number of anilines is 1. The molecular weight excluding hydrogens is 231 g/mol. The number of nitrogens with zero attached hydrogens (tertiary/aromatic N) is 3. The van der Waals surface area contributed by atoms with Gasteiger partial charge in [-0.25, -0.2) is 14.4 Å². The molecule has 4 nitrogen and oxygen atoms in total. The molecule has 0 amide bonds. The molecule has 0 fully saturated rings. The van der Waals surface area contributed by atoms with Crippen molar-refractivity contribution in [2.75, 3.05) is 5.73 Å². The molecule has 0 saturated carbocycles. The SMILES string of the molecule is Cn1cc(-c2cccc(N)c2F)c2[c]ncnc21. The number of rotatable bonds is 1. The van der Waals surface area contributed by atoms with Gasteiger partial charge in [0.1, 0.15) is 18.2 Å². The molecule has 1 aromatic carbocycles. The van der Waals surface area contributed by atoms with Crippen LogP contribution in [0.15, 0.2) is 30.7 Å². The fraction of sp³-hybridized carbons (Fsp3) is 0.0769. The molecule has 18 heavy (non-hydrogen) atoms. The van der Waals surface area contributed by atoms with E-state index >= 15 is 0 Å². The molecule has 3 rings (SSSR count). The van der Waals surface area contributed by atoms with Crippen LogP contribution >= 0.6 is 0 Å². The Hall–Kier alpha value is -2.43. The largest absolute Gasteiger partial charge is 0.396 e. The van der Waals surface area contributed by atoms with E-state index in [4.69, 9.17) is 5.73 Å². The maximum absolute atomic E-state index is 14.0. The number of nitrogen functional groups attached to an aromatic ring is 1. The Morgan fingerprint density at radius 2 is 2.17 bits per heavy atom. The molecule has 0 saturated heterocycles. The lowest BCUT2D eigenvalue weighted by atomic mass is 10.1.